The molecular formula is C30H27F2O5PS. The highest BCUT2D eigenvalue weighted by molar-refractivity contribution is 7.92. The first kappa shape index (κ1) is 28.6. The summed E-state index contributed by atoms with van der Waals surface area (Å²) in [6.45, 7) is 0. The van der Waals surface area contributed by atoms with E-state index in [1.165, 1.54) is 24.3 Å². The molecule has 4 rings (SSSR count). The van der Waals surface area contributed by atoms with Crippen LogP contribution in [0, 0.1) is 0 Å². The Morgan fingerprint density at radius 3 is 1.77 bits per heavy atom. The van der Waals surface area contributed by atoms with Crippen LogP contribution in [0.25, 0.3) is 6.08 Å². The minimum absolute atomic E-state index is 0.0729. The molecule has 39 heavy (non-hydrogen) atoms. The number of benzene rings is 4. The predicted octanol–water partition coefficient (Wildman–Crippen LogP) is 6.93. The highest BCUT2D eigenvalue weighted by Crippen LogP contribution is 2.59. The van der Waals surface area contributed by atoms with Crippen LogP contribution < -0.4 is 0 Å². The minimum Gasteiger partial charge on any atom is -0.320 e. The molecule has 9 heteroatoms. The largest absolute Gasteiger partial charge is 0.399 e. The molecule has 0 aliphatic heterocycles. The van der Waals surface area contributed by atoms with Crippen molar-refractivity contribution in [3.05, 3.63) is 144 Å². The molecule has 0 heterocycles. The normalized spacial score (nSPS) is 14.3. The first-order valence-electron chi connectivity index (χ1n) is 12.1. The molecule has 0 amide bonds. The summed E-state index contributed by atoms with van der Waals surface area (Å²) in [6.07, 6.45) is 3.62. The van der Waals surface area contributed by atoms with E-state index in [4.69, 9.17) is 9.79 Å². The van der Waals surface area contributed by atoms with Gasteiger partial charge in [0.2, 0.25) is 0 Å². The summed E-state index contributed by atoms with van der Waals surface area (Å²) < 4.78 is 67.2. The van der Waals surface area contributed by atoms with Crippen LogP contribution in [0.4, 0.5) is 8.78 Å². The first-order valence-corrected chi connectivity index (χ1v) is 15.2. The second-order valence-electron chi connectivity index (χ2n) is 9.15. The molecule has 5 nitrogen and oxygen atoms in total. The Morgan fingerprint density at radius 2 is 1.23 bits per heavy atom. The van der Waals surface area contributed by atoms with Gasteiger partial charge in [-0.15, -0.1) is 0 Å². The van der Waals surface area contributed by atoms with Crippen molar-refractivity contribution in [1.29, 1.82) is 0 Å². The van der Waals surface area contributed by atoms with Crippen LogP contribution in [-0.2, 0) is 31.2 Å². The summed E-state index contributed by atoms with van der Waals surface area (Å²) in [5.74, 6) is 0. The van der Waals surface area contributed by atoms with Gasteiger partial charge in [-0.3, -0.25) is 4.57 Å². The summed E-state index contributed by atoms with van der Waals surface area (Å²) >= 11 is 0. The van der Waals surface area contributed by atoms with E-state index in [-0.39, 0.29) is 17.7 Å². The smallest absolute Gasteiger partial charge is 0.320 e. The Labute approximate surface area is 226 Å². The van der Waals surface area contributed by atoms with Crippen LogP contribution in [0.1, 0.15) is 28.7 Å². The monoisotopic (exact) mass is 568 g/mol. The fourth-order valence-corrected chi connectivity index (χ4v) is 7.06. The lowest BCUT2D eigenvalue weighted by atomic mass is 9.87. The van der Waals surface area contributed by atoms with Gasteiger partial charge in [0.25, 0.3) is 0 Å². The van der Waals surface area contributed by atoms with Crippen molar-refractivity contribution in [3.63, 3.8) is 0 Å². The highest BCUT2D eigenvalue weighted by atomic mass is 32.2. The predicted molar refractivity (Wildman–Crippen MR) is 148 cm³/mol. The zero-order valence-electron chi connectivity index (χ0n) is 20.8. The third-order valence-electron chi connectivity index (χ3n) is 6.58. The lowest BCUT2D eigenvalue weighted by molar-refractivity contribution is 0.0564. The van der Waals surface area contributed by atoms with Gasteiger partial charge in [-0.25, -0.2) is 8.42 Å². The molecule has 0 radical (unpaired) electrons. The molecule has 1 unspecified atom stereocenters. The van der Waals surface area contributed by atoms with Crippen LogP contribution >= 0.6 is 7.60 Å². The number of alkyl halides is 2. The summed E-state index contributed by atoms with van der Waals surface area (Å²) in [5.41, 5.74) is -3.38. The lowest BCUT2D eigenvalue weighted by Crippen LogP contribution is -2.38. The van der Waals surface area contributed by atoms with Crippen molar-refractivity contribution in [2.75, 3.05) is 0 Å². The zero-order chi connectivity index (χ0) is 28.2. The maximum atomic E-state index is 14.4. The maximum absolute atomic E-state index is 14.4. The van der Waals surface area contributed by atoms with Crippen molar-refractivity contribution < 1.29 is 31.6 Å². The van der Waals surface area contributed by atoms with Gasteiger partial charge in [-0.05, 0) is 41.7 Å². The van der Waals surface area contributed by atoms with Crippen LogP contribution in [0.2, 0.25) is 0 Å². The molecule has 4 aromatic carbocycles. The Kier molecular flexibility index (Phi) is 8.33. The van der Waals surface area contributed by atoms with Crippen molar-refractivity contribution in [3.8, 4) is 0 Å². The lowest BCUT2D eigenvalue weighted by Gasteiger charge is -2.34. The van der Waals surface area contributed by atoms with Crippen LogP contribution in [0.3, 0.4) is 0 Å². The average Bonchev–Trinajstić information content (AvgIpc) is 2.93. The number of sulfone groups is 1. The van der Waals surface area contributed by atoms with Crippen molar-refractivity contribution in [2.24, 2.45) is 0 Å². The van der Waals surface area contributed by atoms with Crippen molar-refractivity contribution in [1.82, 2.24) is 0 Å². The van der Waals surface area contributed by atoms with Crippen LogP contribution in [-0.4, -0.2) is 18.2 Å². The second-order valence-corrected chi connectivity index (χ2v) is 13.1. The Balaban J connectivity index is 1.86. The summed E-state index contributed by atoms with van der Waals surface area (Å²) in [4.78, 5) is 18.3. The molecule has 0 fully saturated rings. The molecular weight excluding hydrogens is 541 g/mol. The van der Waals surface area contributed by atoms with Crippen LogP contribution in [0.5, 0.6) is 0 Å². The van der Waals surface area contributed by atoms with Crippen molar-refractivity contribution >= 4 is 23.5 Å². The molecule has 2 N–H and O–H groups in total. The molecule has 1 atom stereocenters. The van der Waals surface area contributed by atoms with Gasteiger partial charge in [0.1, 0.15) is 4.75 Å². The summed E-state index contributed by atoms with van der Waals surface area (Å²) in [6, 6.07) is 30.6. The fraction of sp³-hybridized carbons (Fsp3) is 0.133. The molecule has 4 aromatic rings. The van der Waals surface area contributed by atoms with E-state index >= 15 is 0 Å². The molecule has 0 aliphatic carbocycles. The fourth-order valence-electron chi connectivity index (χ4n) is 4.49. The van der Waals surface area contributed by atoms with Crippen molar-refractivity contribution in [2.45, 2.75) is 28.1 Å². The van der Waals surface area contributed by atoms with Gasteiger partial charge in [-0.2, -0.15) is 8.78 Å². The molecule has 0 aromatic heterocycles. The Morgan fingerprint density at radius 1 is 0.718 bits per heavy atom. The van der Waals surface area contributed by atoms with Gasteiger partial charge in [-0.1, -0.05) is 115 Å². The quantitative estimate of drug-likeness (QED) is 0.203. The SMILES string of the molecule is O=P(O)(O)C(F)(F)c1ccc(CC(C/C=C/c2ccccc2)(c2ccccc2)S(=O)(=O)c2ccccc2)cc1. The van der Waals surface area contributed by atoms with E-state index in [1.54, 1.807) is 54.6 Å². The number of hydrogen-bond donors (Lipinski definition) is 2. The van der Waals surface area contributed by atoms with Gasteiger partial charge >= 0.3 is 13.3 Å². The highest BCUT2D eigenvalue weighted by Gasteiger charge is 2.50. The molecule has 0 saturated carbocycles. The number of rotatable bonds is 10. The maximum Gasteiger partial charge on any atom is 0.399 e. The van der Waals surface area contributed by atoms with E-state index in [1.807, 2.05) is 36.4 Å². The molecule has 202 valence electrons. The van der Waals surface area contributed by atoms with Gasteiger partial charge in [0, 0.05) is 5.56 Å². The van der Waals surface area contributed by atoms with E-state index in [2.05, 4.69) is 0 Å². The number of hydrogen-bond acceptors (Lipinski definition) is 3. The third kappa shape index (κ3) is 5.94. The molecule has 0 bridgehead atoms. The third-order valence-corrected chi connectivity index (χ3v) is 10.0. The average molecular weight is 569 g/mol. The minimum atomic E-state index is -5.74. The van der Waals surface area contributed by atoms with Crippen LogP contribution in [0.15, 0.2) is 126 Å². The number of halogens is 2. The second kappa shape index (κ2) is 11.4. The number of allylic oxidation sites excluding steroid dienone is 1. The first-order chi connectivity index (χ1) is 18.5. The van der Waals surface area contributed by atoms with E-state index < -0.39 is 33.4 Å². The summed E-state index contributed by atoms with van der Waals surface area (Å²) in [5, 5.41) is 0. The standard InChI is InChI=1S/C30H27F2O5PS/c31-30(32,38(33,34)35)27-20-18-25(19-21-27)23-29(26-14-6-2-7-15-26,22-10-13-24-11-4-1-5-12-24)39(36,37)28-16-8-3-9-17-28/h1-21H,22-23H2,(H2,33,34,35)/b13-10+. The Bertz CT molecular complexity index is 1570. The van der Waals surface area contributed by atoms with E-state index in [9.17, 15) is 21.8 Å². The van der Waals surface area contributed by atoms with E-state index in [0.717, 1.165) is 17.7 Å². The van der Waals surface area contributed by atoms with E-state index in [0.29, 0.717) is 11.1 Å². The topological polar surface area (TPSA) is 91.7 Å². The Hall–Kier alpha value is -3.42. The summed E-state index contributed by atoms with van der Waals surface area (Å²) in [7, 11) is -9.80. The zero-order valence-corrected chi connectivity index (χ0v) is 22.5. The van der Waals surface area contributed by atoms with Gasteiger partial charge < -0.3 is 9.79 Å². The van der Waals surface area contributed by atoms with Gasteiger partial charge in [0.05, 0.1) is 4.90 Å². The molecule has 0 saturated heterocycles. The van der Waals surface area contributed by atoms with Gasteiger partial charge in [0.15, 0.2) is 9.84 Å². The molecule has 0 aliphatic rings. The molecule has 0 spiro atoms.